The first-order valence-electron chi connectivity index (χ1n) is 4.61. The molecule has 0 unspecified atom stereocenters. The number of anilines is 1. The van der Waals surface area contributed by atoms with Crippen LogP contribution in [0, 0.1) is 0 Å². The standard InChI is InChI=1S/C13H14N2/c1-3-6-13(4-2)15-10-11-7-5-8-12(14)9-11/h3-10H,1-2,14H2/b13-6+,15-10?. The monoisotopic (exact) mass is 198 g/mol. The molecule has 1 aromatic carbocycles. The van der Waals surface area contributed by atoms with Crippen molar-refractivity contribution in [2.45, 2.75) is 0 Å². The van der Waals surface area contributed by atoms with Crippen molar-refractivity contribution >= 4 is 11.9 Å². The Labute approximate surface area is 90.2 Å². The highest BCUT2D eigenvalue weighted by Crippen LogP contribution is 2.05. The van der Waals surface area contributed by atoms with Gasteiger partial charge >= 0.3 is 0 Å². The molecular formula is C13H14N2. The van der Waals surface area contributed by atoms with Gasteiger partial charge in [-0.3, -0.25) is 4.99 Å². The molecule has 1 aromatic rings. The molecule has 0 radical (unpaired) electrons. The van der Waals surface area contributed by atoms with Crippen molar-refractivity contribution in [1.82, 2.24) is 0 Å². The molecule has 0 aliphatic rings. The number of allylic oxidation sites excluding steroid dienone is 3. The highest BCUT2D eigenvalue weighted by Gasteiger charge is 1.89. The quantitative estimate of drug-likeness (QED) is 0.451. The first-order valence-corrected chi connectivity index (χ1v) is 4.61. The smallest absolute Gasteiger partial charge is 0.0623 e. The maximum absolute atomic E-state index is 5.64. The lowest BCUT2D eigenvalue weighted by Gasteiger charge is -1.95. The summed E-state index contributed by atoms with van der Waals surface area (Å²) in [5, 5.41) is 0. The van der Waals surface area contributed by atoms with E-state index in [0.717, 1.165) is 16.9 Å². The third-order valence-corrected chi connectivity index (χ3v) is 1.77. The van der Waals surface area contributed by atoms with Crippen LogP contribution in [0.5, 0.6) is 0 Å². The molecule has 0 amide bonds. The summed E-state index contributed by atoms with van der Waals surface area (Å²) in [6.07, 6.45) is 6.88. The van der Waals surface area contributed by atoms with Crippen LogP contribution in [-0.4, -0.2) is 6.21 Å². The number of nitrogen functional groups attached to an aromatic ring is 1. The van der Waals surface area contributed by atoms with Crippen LogP contribution < -0.4 is 5.73 Å². The van der Waals surface area contributed by atoms with Crippen molar-refractivity contribution in [2.75, 3.05) is 5.73 Å². The second kappa shape index (κ2) is 5.60. The Kier molecular flexibility index (Phi) is 4.10. The van der Waals surface area contributed by atoms with Crippen LogP contribution in [0.1, 0.15) is 5.56 Å². The highest BCUT2D eigenvalue weighted by molar-refractivity contribution is 5.82. The summed E-state index contributed by atoms with van der Waals surface area (Å²) in [4.78, 5) is 4.23. The maximum atomic E-state index is 5.64. The Morgan fingerprint density at radius 3 is 2.73 bits per heavy atom. The van der Waals surface area contributed by atoms with Crippen LogP contribution in [0.2, 0.25) is 0 Å². The number of hydrogen-bond acceptors (Lipinski definition) is 2. The molecule has 2 nitrogen and oxygen atoms in total. The summed E-state index contributed by atoms with van der Waals surface area (Å²) in [5.41, 5.74) is 8.11. The lowest BCUT2D eigenvalue weighted by atomic mass is 10.2. The molecule has 76 valence electrons. The Bertz CT molecular complexity index is 414. The van der Waals surface area contributed by atoms with Crippen molar-refractivity contribution in [3.8, 4) is 0 Å². The molecule has 0 aromatic heterocycles. The zero-order chi connectivity index (χ0) is 11.1. The summed E-state index contributed by atoms with van der Waals surface area (Å²) in [5.74, 6) is 0. The number of benzene rings is 1. The van der Waals surface area contributed by atoms with Gasteiger partial charge in [-0.05, 0) is 29.8 Å². The fraction of sp³-hybridized carbons (Fsp3) is 0. The number of aliphatic imine (C=N–C) groups is 1. The van der Waals surface area contributed by atoms with Gasteiger partial charge in [-0.25, -0.2) is 0 Å². The Balaban J connectivity index is 2.85. The van der Waals surface area contributed by atoms with Gasteiger partial charge in [-0.2, -0.15) is 0 Å². The number of hydrogen-bond donors (Lipinski definition) is 1. The molecule has 0 bridgehead atoms. The molecule has 0 spiro atoms. The van der Waals surface area contributed by atoms with Gasteiger partial charge in [0.25, 0.3) is 0 Å². The molecule has 0 aliphatic carbocycles. The van der Waals surface area contributed by atoms with Crippen LogP contribution in [0.4, 0.5) is 5.69 Å². The van der Waals surface area contributed by atoms with Gasteiger partial charge in [0.1, 0.15) is 0 Å². The van der Waals surface area contributed by atoms with E-state index < -0.39 is 0 Å². The fourth-order valence-corrected chi connectivity index (χ4v) is 1.07. The zero-order valence-corrected chi connectivity index (χ0v) is 8.56. The van der Waals surface area contributed by atoms with Gasteiger partial charge in [0.15, 0.2) is 0 Å². The zero-order valence-electron chi connectivity index (χ0n) is 8.56. The number of rotatable bonds is 4. The lowest BCUT2D eigenvalue weighted by Crippen LogP contribution is -1.87. The van der Waals surface area contributed by atoms with Crippen LogP contribution >= 0.6 is 0 Å². The molecule has 2 heteroatoms. The normalized spacial score (nSPS) is 11.6. The second-order valence-electron chi connectivity index (χ2n) is 2.96. The SMILES string of the molecule is C=C/C=C(\C=C)N=Cc1cccc(N)c1. The molecule has 1 rings (SSSR count). The van der Waals surface area contributed by atoms with E-state index >= 15 is 0 Å². The van der Waals surface area contributed by atoms with Crippen molar-refractivity contribution in [2.24, 2.45) is 4.99 Å². The van der Waals surface area contributed by atoms with Gasteiger partial charge in [0, 0.05) is 11.9 Å². The Morgan fingerprint density at radius 1 is 1.33 bits per heavy atom. The average Bonchev–Trinajstić information content (AvgIpc) is 2.24. The van der Waals surface area contributed by atoms with E-state index in [1.54, 1.807) is 24.4 Å². The number of nitrogens with zero attached hydrogens (tertiary/aromatic N) is 1. The van der Waals surface area contributed by atoms with Crippen molar-refractivity contribution in [1.29, 1.82) is 0 Å². The van der Waals surface area contributed by atoms with Crippen LogP contribution in [-0.2, 0) is 0 Å². The molecule has 0 saturated heterocycles. The van der Waals surface area contributed by atoms with E-state index in [-0.39, 0.29) is 0 Å². The molecule has 0 aliphatic heterocycles. The summed E-state index contributed by atoms with van der Waals surface area (Å²) in [6.45, 7) is 7.25. The van der Waals surface area contributed by atoms with Gasteiger partial charge in [0.2, 0.25) is 0 Å². The van der Waals surface area contributed by atoms with Crippen LogP contribution in [0.3, 0.4) is 0 Å². The molecular weight excluding hydrogens is 184 g/mol. The van der Waals surface area contributed by atoms with Crippen molar-refractivity contribution in [3.63, 3.8) is 0 Å². The molecule has 0 atom stereocenters. The second-order valence-corrected chi connectivity index (χ2v) is 2.96. The largest absolute Gasteiger partial charge is 0.399 e. The summed E-state index contributed by atoms with van der Waals surface area (Å²) in [6, 6.07) is 7.53. The summed E-state index contributed by atoms with van der Waals surface area (Å²) >= 11 is 0. The lowest BCUT2D eigenvalue weighted by molar-refractivity contribution is 1.43. The van der Waals surface area contributed by atoms with Gasteiger partial charge in [0.05, 0.1) is 5.70 Å². The van der Waals surface area contributed by atoms with E-state index in [1.807, 2.05) is 24.3 Å². The molecule has 2 N–H and O–H groups in total. The molecule has 0 fully saturated rings. The molecule has 0 heterocycles. The summed E-state index contributed by atoms with van der Waals surface area (Å²) < 4.78 is 0. The minimum atomic E-state index is 0.729. The Morgan fingerprint density at radius 2 is 2.13 bits per heavy atom. The predicted octanol–water partition coefficient (Wildman–Crippen LogP) is 2.94. The Hall–Kier alpha value is -2.09. The van der Waals surface area contributed by atoms with Crippen molar-refractivity contribution < 1.29 is 0 Å². The highest BCUT2D eigenvalue weighted by atomic mass is 14.7. The minimum Gasteiger partial charge on any atom is -0.399 e. The van der Waals surface area contributed by atoms with E-state index in [4.69, 9.17) is 5.73 Å². The fourth-order valence-electron chi connectivity index (χ4n) is 1.07. The molecule has 0 saturated carbocycles. The molecule has 15 heavy (non-hydrogen) atoms. The first-order chi connectivity index (χ1) is 7.26. The summed E-state index contributed by atoms with van der Waals surface area (Å²) in [7, 11) is 0. The average molecular weight is 198 g/mol. The third kappa shape index (κ3) is 3.65. The van der Waals surface area contributed by atoms with E-state index in [0.29, 0.717) is 0 Å². The van der Waals surface area contributed by atoms with Gasteiger partial charge < -0.3 is 5.73 Å². The van der Waals surface area contributed by atoms with Gasteiger partial charge in [-0.15, -0.1) is 0 Å². The number of nitrogens with two attached hydrogens (primary N) is 1. The minimum absolute atomic E-state index is 0.729. The van der Waals surface area contributed by atoms with Crippen LogP contribution in [0.15, 0.2) is 66.3 Å². The van der Waals surface area contributed by atoms with Gasteiger partial charge in [-0.1, -0.05) is 31.4 Å². The van der Waals surface area contributed by atoms with E-state index in [2.05, 4.69) is 18.2 Å². The maximum Gasteiger partial charge on any atom is 0.0623 e. The first kappa shape index (κ1) is 11.0. The van der Waals surface area contributed by atoms with Crippen molar-refractivity contribution in [3.05, 3.63) is 66.9 Å². The van der Waals surface area contributed by atoms with E-state index in [9.17, 15) is 0 Å². The van der Waals surface area contributed by atoms with Crippen LogP contribution in [0.25, 0.3) is 0 Å². The third-order valence-electron chi connectivity index (χ3n) is 1.77. The van der Waals surface area contributed by atoms with E-state index in [1.165, 1.54) is 0 Å². The predicted molar refractivity (Wildman–Crippen MR) is 66.9 cm³/mol. The topological polar surface area (TPSA) is 38.4 Å².